The Morgan fingerprint density at radius 2 is 2.04 bits per heavy atom. The second-order valence-electron chi connectivity index (χ2n) is 6.31. The summed E-state index contributed by atoms with van der Waals surface area (Å²) in [6, 6.07) is 4.22. The minimum absolute atomic E-state index is 0.0864. The molecule has 0 radical (unpaired) electrons. The fourth-order valence-electron chi connectivity index (χ4n) is 2.53. The lowest BCUT2D eigenvalue weighted by atomic mass is 9.75. The second-order valence-corrected chi connectivity index (χ2v) is 6.31. The van der Waals surface area contributed by atoms with Gasteiger partial charge in [0.1, 0.15) is 11.4 Å². The lowest BCUT2D eigenvalue weighted by Gasteiger charge is -2.41. The Bertz CT molecular complexity index is 587. The van der Waals surface area contributed by atoms with Crippen LogP contribution in [0.4, 0.5) is 13.2 Å². The molecule has 7 heteroatoms. The van der Waals surface area contributed by atoms with Crippen LogP contribution in [-0.4, -0.2) is 41.5 Å². The lowest BCUT2D eigenvalue weighted by Crippen LogP contribution is -2.60. The maximum atomic E-state index is 13.9. The third kappa shape index (κ3) is 3.67. The molecule has 1 aromatic carbocycles. The van der Waals surface area contributed by atoms with Gasteiger partial charge in [-0.15, -0.1) is 0 Å². The van der Waals surface area contributed by atoms with Crippen molar-refractivity contribution in [2.45, 2.75) is 43.9 Å². The molecule has 1 aliphatic carbocycles. The number of carbonyl (C=O) groups excluding carboxylic acids is 1. The van der Waals surface area contributed by atoms with Crippen LogP contribution in [-0.2, 0) is 17.9 Å². The van der Waals surface area contributed by atoms with Crippen molar-refractivity contribution >= 4 is 5.91 Å². The molecular formula is C16H21F3N2O2. The van der Waals surface area contributed by atoms with Crippen molar-refractivity contribution in [2.75, 3.05) is 14.1 Å². The minimum atomic E-state index is -3.82. The number of alkyl halides is 2. The van der Waals surface area contributed by atoms with E-state index in [9.17, 15) is 23.1 Å². The largest absolute Gasteiger partial charge is 0.383 e. The number of carbonyl (C=O) groups is 1. The highest BCUT2D eigenvalue weighted by atomic mass is 19.3. The number of halogens is 3. The molecule has 0 spiro atoms. The molecule has 0 aliphatic heterocycles. The number of amides is 1. The third-order valence-electron chi connectivity index (χ3n) is 4.10. The molecule has 2 rings (SSSR count). The molecule has 1 saturated carbocycles. The average Bonchev–Trinajstić information content (AvgIpc) is 2.44. The first-order valence-corrected chi connectivity index (χ1v) is 7.46. The van der Waals surface area contributed by atoms with Gasteiger partial charge in [0, 0.05) is 18.7 Å². The van der Waals surface area contributed by atoms with Crippen molar-refractivity contribution in [2.24, 2.45) is 0 Å². The van der Waals surface area contributed by atoms with Gasteiger partial charge in [-0.05, 0) is 51.1 Å². The van der Waals surface area contributed by atoms with Crippen LogP contribution in [0.25, 0.3) is 0 Å². The van der Waals surface area contributed by atoms with Crippen molar-refractivity contribution in [3.63, 3.8) is 0 Å². The van der Waals surface area contributed by atoms with Gasteiger partial charge in [0.25, 0.3) is 5.91 Å². The summed E-state index contributed by atoms with van der Waals surface area (Å²) in [4.78, 5) is 13.5. The topological polar surface area (TPSA) is 52.6 Å². The molecule has 0 unspecified atom stereocenters. The highest BCUT2D eigenvalue weighted by molar-refractivity contribution is 5.85. The van der Waals surface area contributed by atoms with E-state index in [1.807, 2.05) is 0 Å². The summed E-state index contributed by atoms with van der Waals surface area (Å²) in [6.07, 6.45) is 0.305. The van der Waals surface area contributed by atoms with E-state index in [1.54, 1.807) is 19.0 Å². The fraction of sp³-hybridized carbons (Fsp3) is 0.562. The van der Waals surface area contributed by atoms with Crippen molar-refractivity contribution in [1.29, 1.82) is 0 Å². The molecule has 1 aromatic rings. The first-order valence-electron chi connectivity index (χ1n) is 7.46. The van der Waals surface area contributed by atoms with Gasteiger partial charge in [-0.3, -0.25) is 4.79 Å². The van der Waals surface area contributed by atoms with Crippen LogP contribution in [0.5, 0.6) is 0 Å². The van der Waals surface area contributed by atoms with Gasteiger partial charge in [0.2, 0.25) is 0 Å². The molecule has 1 aliphatic rings. The van der Waals surface area contributed by atoms with E-state index >= 15 is 0 Å². The van der Waals surface area contributed by atoms with Crippen LogP contribution in [0.3, 0.4) is 0 Å². The Morgan fingerprint density at radius 1 is 1.39 bits per heavy atom. The smallest absolute Gasteiger partial charge is 0.352 e. The van der Waals surface area contributed by atoms with E-state index in [0.29, 0.717) is 24.1 Å². The minimum Gasteiger partial charge on any atom is -0.383 e. The van der Waals surface area contributed by atoms with Crippen LogP contribution < -0.4 is 5.32 Å². The molecule has 1 fully saturated rings. The molecule has 0 atom stereocenters. The van der Waals surface area contributed by atoms with Crippen LogP contribution in [0.1, 0.15) is 30.4 Å². The summed E-state index contributed by atoms with van der Waals surface area (Å²) in [5, 5.41) is 11.8. The summed E-state index contributed by atoms with van der Waals surface area (Å²) in [5.41, 5.74) is -1.30. The Hall–Kier alpha value is -1.60. The molecule has 128 valence electrons. The maximum absolute atomic E-state index is 13.9. The van der Waals surface area contributed by atoms with Crippen LogP contribution >= 0.6 is 0 Å². The number of nitrogens with one attached hydrogen (secondary N) is 1. The van der Waals surface area contributed by atoms with E-state index in [4.69, 9.17) is 0 Å². The number of aliphatic hydroxyl groups is 1. The number of nitrogens with zero attached hydrogens (tertiary/aromatic N) is 1. The van der Waals surface area contributed by atoms with Gasteiger partial charge in [-0.1, -0.05) is 6.07 Å². The van der Waals surface area contributed by atoms with Crippen molar-refractivity contribution in [1.82, 2.24) is 10.2 Å². The maximum Gasteiger partial charge on any atom is 0.352 e. The Labute approximate surface area is 133 Å². The van der Waals surface area contributed by atoms with Crippen molar-refractivity contribution in [3.8, 4) is 0 Å². The van der Waals surface area contributed by atoms with E-state index in [2.05, 4.69) is 5.32 Å². The van der Waals surface area contributed by atoms with Crippen molar-refractivity contribution < 1.29 is 23.1 Å². The van der Waals surface area contributed by atoms with Gasteiger partial charge < -0.3 is 15.3 Å². The molecule has 0 bridgehead atoms. The van der Waals surface area contributed by atoms with E-state index in [0.717, 1.165) is 0 Å². The van der Waals surface area contributed by atoms with Gasteiger partial charge in [-0.25, -0.2) is 4.39 Å². The third-order valence-corrected chi connectivity index (χ3v) is 4.10. The predicted molar refractivity (Wildman–Crippen MR) is 79.4 cm³/mol. The van der Waals surface area contributed by atoms with E-state index < -0.39 is 17.4 Å². The highest BCUT2D eigenvalue weighted by Crippen LogP contribution is 2.44. The summed E-state index contributed by atoms with van der Waals surface area (Å²) in [5.74, 6) is -5.71. The Balaban J connectivity index is 2.01. The number of rotatable bonds is 6. The molecule has 0 heterocycles. The van der Waals surface area contributed by atoms with Crippen LogP contribution in [0, 0.1) is 5.82 Å². The molecule has 0 aromatic heterocycles. The van der Waals surface area contributed by atoms with Crippen molar-refractivity contribution in [3.05, 3.63) is 35.1 Å². The number of hydrogen-bond donors (Lipinski definition) is 2. The monoisotopic (exact) mass is 330 g/mol. The van der Waals surface area contributed by atoms with E-state index in [1.165, 1.54) is 18.2 Å². The molecule has 2 N–H and O–H groups in total. The summed E-state index contributed by atoms with van der Waals surface area (Å²) in [6.45, 7) is 0.217. The average molecular weight is 330 g/mol. The normalized spacial score (nSPS) is 17.0. The second kappa shape index (κ2) is 6.49. The van der Waals surface area contributed by atoms with Crippen LogP contribution in [0.15, 0.2) is 18.2 Å². The molecule has 4 nitrogen and oxygen atoms in total. The first-order chi connectivity index (χ1) is 10.7. The summed E-state index contributed by atoms with van der Waals surface area (Å²) in [7, 11) is 3.57. The van der Waals surface area contributed by atoms with Gasteiger partial charge >= 0.3 is 5.92 Å². The fourth-order valence-corrected chi connectivity index (χ4v) is 2.53. The first kappa shape index (κ1) is 17.7. The lowest BCUT2D eigenvalue weighted by molar-refractivity contribution is -0.216. The summed E-state index contributed by atoms with van der Waals surface area (Å²) >= 11 is 0. The van der Waals surface area contributed by atoms with Crippen LogP contribution in [0.2, 0.25) is 0 Å². The van der Waals surface area contributed by atoms with E-state index in [-0.39, 0.29) is 25.2 Å². The zero-order valence-electron chi connectivity index (χ0n) is 13.2. The molecule has 23 heavy (non-hydrogen) atoms. The quantitative estimate of drug-likeness (QED) is 0.839. The van der Waals surface area contributed by atoms with Gasteiger partial charge in [-0.2, -0.15) is 8.78 Å². The SMILES string of the molecule is CN(C)Cc1cc(CNC(=O)C(F)(F)C2(O)CCC2)ccc1F. The zero-order chi connectivity index (χ0) is 17.3. The number of hydrogen-bond acceptors (Lipinski definition) is 3. The Kier molecular flexibility index (Phi) is 5.01. The number of benzene rings is 1. The standard InChI is InChI=1S/C16H21F3N2O2/c1-21(2)10-12-8-11(4-5-13(12)17)9-20-14(22)16(18,19)15(23)6-3-7-15/h4-5,8,23H,3,6-7,9-10H2,1-2H3,(H,20,22). The molecular weight excluding hydrogens is 309 g/mol. The highest BCUT2D eigenvalue weighted by Gasteiger charge is 2.61. The van der Waals surface area contributed by atoms with Gasteiger partial charge in [0.15, 0.2) is 0 Å². The molecule has 1 amide bonds. The van der Waals surface area contributed by atoms with Gasteiger partial charge in [0.05, 0.1) is 0 Å². The summed E-state index contributed by atoms with van der Waals surface area (Å²) < 4.78 is 41.5. The predicted octanol–water partition coefficient (Wildman–Crippen LogP) is 2.05. The zero-order valence-corrected chi connectivity index (χ0v) is 13.2. The molecule has 0 saturated heterocycles. The Morgan fingerprint density at radius 3 is 2.57 bits per heavy atom.